The van der Waals surface area contributed by atoms with E-state index in [1.165, 1.54) is 50.7 Å². The van der Waals surface area contributed by atoms with Crippen molar-refractivity contribution >= 4 is 28.3 Å². The van der Waals surface area contributed by atoms with E-state index in [4.69, 9.17) is 10.5 Å². The van der Waals surface area contributed by atoms with Gasteiger partial charge in [0.15, 0.2) is 5.82 Å². The van der Waals surface area contributed by atoms with E-state index in [1.807, 2.05) is 0 Å². The van der Waals surface area contributed by atoms with Crippen LogP contribution in [0.15, 0.2) is 0 Å². The van der Waals surface area contributed by atoms with Crippen LogP contribution in [0, 0.1) is 5.92 Å². The van der Waals surface area contributed by atoms with Crippen molar-refractivity contribution in [2.24, 2.45) is 5.92 Å². The Morgan fingerprint density at radius 2 is 2.26 bits per heavy atom. The number of anilines is 2. The minimum atomic E-state index is -0.426. The van der Waals surface area contributed by atoms with E-state index in [0.717, 1.165) is 23.9 Å². The van der Waals surface area contributed by atoms with Gasteiger partial charge in [-0.15, -0.1) is 0 Å². The molecule has 0 amide bonds. The van der Waals surface area contributed by atoms with Crippen LogP contribution in [0.25, 0.3) is 0 Å². The second-order valence-electron chi connectivity index (χ2n) is 4.98. The summed E-state index contributed by atoms with van der Waals surface area (Å²) in [4.78, 5) is 11.6. The molecule has 1 saturated carbocycles. The summed E-state index contributed by atoms with van der Waals surface area (Å²) in [5.74, 6) is 0.716. The molecule has 2 rings (SSSR count). The van der Waals surface area contributed by atoms with E-state index in [9.17, 15) is 4.79 Å². The summed E-state index contributed by atoms with van der Waals surface area (Å²) < 4.78 is 8.71. The van der Waals surface area contributed by atoms with Gasteiger partial charge >= 0.3 is 5.97 Å². The zero-order valence-corrected chi connectivity index (χ0v) is 12.1. The number of rotatable bonds is 6. The Morgan fingerprint density at radius 1 is 1.53 bits per heavy atom. The SMILES string of the molecule is COC(=O)c1c(N)nsc1NCCCC1CCCC1. The number of aromatic nitrogens is 1. The first-order chi connectivity index (χ1) is 9.22. The van der Waals surface area contributed by atoms with Crippen LogP contribution in [0.2, 0.25) is 0 Å². The first-order valence-electron chi connectivity index (χ1n) is 6.79. The van der Waals surface area contributed by atoms with Crippen LogP contribution in [0.1, 0.15) is 48.9 Å². The maximum atomic E-state index is 11.6. The summed E-state index contributed by atoms with van der Waals surface area (Å²) >= 11 is 1.22. The zero-order valence-electron chi connectivity index (χ0n) is 11.3. The van der Waals surface area contributed by atoms with E-state index >= 15 is 0 Å². The van der Waals surface area contributed by atoms with Crippen LogP contribution in [0.3, 0.4) is 0 Å². The van der Waals surface area contributed by atoms with Crippen molar-refractivity contribution in [1.29, 1.82) is 0 Å². The van der Waals surface area contributed by atoms with Crippen LogP contribution >= 0.6 is 11.5 Å². The number of carbonyl (C=O) groups excluding carboxylic acids is 1. The van der Waals surface area contributed by atoms with Crippen LogP contribution in [0.5, 0.6) is 0 Å². The molecule has 0 bridgehead atoms. The van der Waals surface area contributed by atoms with Gasteiger partial charge in [0.05, 0.1) is 7.11 Å². The molecule has 0 spiro atoms. The molecule has 0 radical (unpaired) electrons. The Labute approximate surface area is 117 Å². The number of hydrogen-bond donors (Lipinski definition) is 2. The Morgan fingerprint density at radius 3 is 2.95 bits per heavy atom. The predicted molar refractivity (Wildman–Crippen MR) is 77.5 cm³/mol. The van der Waals surface area contributed by atoms with Gasteiger partial charge in [0.2, 0.25) is 0 Å². The van der Waals surface area contributed by atoms with E-state index in [1.54, 1.807) is 0 Å². The maximum absolute atomic E-state index is 11.6. The van der Waals surface area contributed by atoms with Gasteiger partial charge < -0.3 is 15.8 Å². The zero-order chi connectivity index (χ0) is 13.7. The molecule has 0 saturated heterocycles. The molecule has 106 valence electrons. The number of esters is 1. The third-order valence-electron chi connectivity index (χ3n) is 3.66. The minimum absolute atomic E-state index is 0.246. The highest BCUT2D eigenvalue weighted by Gasteiger charge is 2.20. The average molecular weight is 283 g/mol. The summed E-state index contributed by atoms with van der Waals surface area (Å²) in [5, 5.41) is 3.97. The second-order valence-corrected chi connectivity index (χ2v) is 5.76. The third-order valence-corrected chi connectivity index (χ3v) is 4.48. The molecule has 0 aliphatic heterocycles. The largest absolute Gasteiger partial charge is 0.465 e. The Hall–Kier alpha value is -1.30. The monoisotopic (exact) mass is 283 g/mol. The van der Waals surface area contributed by atoms with Crippen molar-refractivity contribution in [3.05, 3.63) is 5.56 Å². The van der Waals surface area contributed by atoms with Crippen LogP contribution in [-0.2, 0) is 4.74 Å². The third kappa shape index (κ3) is 3.59. The molecule has 1 aromatic rings. The first-order valence-corrected chi connectivity index (χ1v) is 7.57. The molecule has 0 aromatic carbocycles. The van der Waals surface area contributed by atoms with Crippen molar-refractivity contribution < 1.29 is 9.53 Å². The molecular formula is C13H21N3O2S. The topological polar surface area (TPSA) is 77.2 Å². The molecule has 1 aromatic heterocycles. The Bertz CT molecular complexity index is 428. The number of ether oxygens (including phenoxy) is 1. The van der Waals surface area contributed by atoms with Gasteiger partial charge in [-0.2, -0.15) is 4.37 Å². The van der Waals surface area contributed by atoms with Gasteiger partial charge in [0, 0.05) is 6.54 Å². The van der Waals surface area contributed by atoms with Crippen molar-refractivity contribution in [3.63, 3.8) is 0 Å². The highest BCUT2D eigenvalue weighted by molar-refractivity contribution is 7.11. The standard InChI is InChI=1S/C13H21N3O2S/c1-18-13(17)10-11(14)16-19-12(10)15-8-4-7-9-5-2-3-6-9/h9,15H,2-8H2,1H3,(H2,14,16). The fourth-order valence-corrected chi connectivity index (χ4v) is 3.34. The lowest BCUT2D eigenvalue weighted by Crippen LogP contribution is -2.09. The maximum Gasteiger partial charge on any atom is 0.344 e. The van der Waals surface area contributed by atoms with Crippen molar-refractivity contribution in [1.82, 2.24) is 4.37 Å². The summed E-state index contributed by atoms with van der Waals surface area (Å²) in [6.07, 6.45) is 7.89. The van der Waals surface area contributed by atoms with Crippen LogP contribution < -0.4 is 11.1 Å². The van der Waals surface area contributed by atoms with E-state index in [2.05, 4.69) is 9.69 Å². The summed E-state index contributed by atoms with van der Waals surface area (Å²) in [6, 6.07) is 0. The molecule has 0 unspecified atom stereocenters. The number of nitrogens with two attached hydrogens (primary N) is 1. The Kier molecular flexibility index (Phi) is 5.01. The number of nitrogens with one attached hydrogen (secondary N) is 1. The molecular weight excluding hydrogens is 262 g/mol. The molecule has 3 N–H and O–H groups in total. The number of carbonyl (C=O) groups is 1. The van der Waals surface area contributed by atoms with Gasteiger partial charge in [-0.3, -0.25) is 0 Å². The number of hydrogen-bond acceptors (Lipinski definition) is 6. The summed E-state index contributed by atoms with van der Waals surface area (Å²) in [7, 11) is 1.35. The minimum Gasteiger partial charge on any atom is -0.465 e. The van der Waals surface area contributed by atoms with Gasteiger partial charge in [0.1, 0.15) is 10.6 Å². The van der Waals surface area contributed by atoms with Gasteiger partial charge in [-0.05, 0) is 30.3 Å². The fraction of sp³-hybridized carbons (Fsp3) is 0.692. The summed E-state index contributed by atoms with van der Waals surface area (Å²) in [5.41, 5.74) is 6.05. The smallest absolute Gasteiger partial charge is 0.344 e. The molecule has 1 heterocycles. The molecule has 19 heavy (non-hydrogen) atoms. The molecule has 0 atom stereocenters. The Balaban J connectivity index is 1.80. The van der Waals surface area contributed by atoms with Crippen molar-refractivity contribution in [3.8, 4) is 0 Å². The normalized spacial score (nSPS) is 15.6. The van der Waals surface area contributed by atoms with Gasteiger partial charge in [0.25, 0.3) is 0 Å². The predicted octanol–water partition coefficient (Wildman–Crippen LogP) is 2.89. The van der Waals surface area contributed by atoms with Crippen molar-refractivity contribution in [2.75, 3.05) is 24.7 Å². The quantitative estimate of drug-likeness (QED) is 0.620. The molecule has 1 fully saturated rings. The van der Waals surface area contributed by atoms with Crippen LogP contribution in [-0.4, -0.2) is 24.0 Å². The average Bonchev–Trinajstić information content (AvgIpc) is 3.04. The van der Waals surface area contributed by atoms with Gasteiger partial charge in [-0.25, -0.2) is 4.79 Å². The van der Waals surface area contributed by atoms with Crippen molar-refractivity contribution in [2.45, 2.75) is 38.5 Å². The van der Waals surface area contributed by atoms with Crippen LogP contribution in [0.4, 0.5) is 10.8 Å². The number of nitrogen functional groups attached to an aromatic ring is 1. The second kappa shape index (κ2) is 6.75. The van der Waals surface area contributed by atoms with E-state index in [0.29, 0.717) is 5.56 Å². The molecule has 1 aliphatic carbocycles. The number of methoxy groups -OCH3 is 1. The molecule has 6 heteroatoms. The highest BCUT2D eigenvalue weighted by atomic mass is 32.1. The lowest BCUT2D eigenvalue weighted by molar-refractivity contribution is 0.0603. The van der Waals surface area contributed by atoms with E-state index in [-0.39, 0.29) is 5.82 Å². The highest BCUT2D eigenvalue weighted by Crippen LogP contribution is 2.30. The van der Waals surface area contributed by atoms with Gasteiger partial charge in [-0.1, -0.05) is 25.7 Å². The number of nitrogens with zero attached hydrogens (tertiary/aromatic N) is 1. The first kappa shape index (κ1) is 14.1. The fourth-order valence-electron chi connectivity index (χ4n) is 2.61. The summed E-state index contributed by atoms with van der Waals surface area (Å²) in [6.45, 7) is 0.849. The lowest BCUT2D eigenvalue weighted by Gasteiger charge is -2.09. The molecule has 1 aliphatic rings. The van der Waals surface area contributed by atoms with E-state index < -0.39 is 5.97 Å². The lowest BCUT2D eigenvalue weighted by atomic mass is 10.0. The molecule has 5 nitrogen and oxygen atoms in total.